The molecule has 1 aliphatic carbocycles. The number of hydrogen-bond acceptors (Lipinski definition) is 9. The summed E-state index contributed by atoms with van der Waals surface area (Å²) in [6.45, 7) is 5.96. The van der Waals surface area contributed by atoms with Crippen LogP contribution in [0.3, 0.4) is 0 Å². The van der Waals surface area contributed by atoms with E-state index in [4.69, 9.17) is 10.5 Å². The monoisotopic (exact) mass is 558 g/mol. The maximum atomic E-state index is 12.9. The number of aromatic nitrogens is 3. The van der Waals surface area contributed by atoms with Crippen molar-refractivity contribution in [2.75, 3.05) is 44.0 Å². The topological polar surface area (TPSA) is 139 Å². The van der Waals surface area contributed by atoms with Crippen LogP contribution in [0.4, 0.5) is 17.5 Å². The fourth-order valence-corrected chi connectivity index (χ4v) is 5.79. The molecule has 3 aromatic rings. The first-order valence-electron chi connectivity index (χ1n) is 14.1. The van der Waals surface area contributed by atoms with Gasteiger partial charge in [-0.1, -0.05) is 19.1 Å². The van der Waals surface area contributed by atoms with Crippen LogP contribution >= 0.6 is 0 Å². The summed E-state index contributed by atoms with van der Waals surface area (Å²) in [5.41, 5.74) is 8.22. The van der Waals surface area contributed by atoms with Crippen molar-refractivity contribution < 1.29 is 14.3 Å². The Labute approximate surface area is 240 Å². The highest BCUT2D eigenvalue weighted by Gasteiger charge is 2.54. The predicted molar refractivity (Wildman–Crippen MR) is 158 cm³/mol. The summed E-state index contributed by atoms with van der Waals surface area (Å²) in [4.78, 5) is 33.9. The predicted octanol–water partition coefficient (Wildman–Crippen LogP) is 3.31. The Morgan fingerprint density at radius 3 is 2.44 bits per heavy atom. The maximum absolute atomic E-state index is 12.9. The van der Waals surface area contributed by atoms with Crippen molar-refractivity contribution in [1.82, 2.24) is 25.4 Å². The van der Waals surface area contributed by atoms with Crippen LogP contribution in [0, 0.1) is 5.92 Å². The SMILES string of the molecule is CCOc1ccc(C(=O)NC2CCCN(c3nnc(C(N)=O)c(Nc4ccc(C5(N(C)C)CC5C)cc4)n3)C2)cc1. The Morgan fingerprint density at radius 2 is 1.83 bits per heavy atom. The second kappa shape index (κ2) is 11.7. The molecule has 11 nitrogen and oxygen atoms in total. The number of rotatable bonds is 10. The summed E-state index contributed by atoms with van der Waals surface area (Å²) >= 11 is 0. The van der Waals surface area contributed by atoms with E-state index in [0.717, 1.165) is 30.7 Å². The first kappa shape index (κ1) is 28.3. The first-order chi connectivity index (χ1) is 19.7. The lowest BCUT2D eigenvalue weighted by molar-refractivity contribution is 0.0931. The van der Waals surface area contributed by atoms with Crippen molar-refractivity contribution in [2.45, 2.75) is 44.7 Å². The van der Waals surface area contributed by atoms with Gasteiger partial charge in [0.25, 0.3) is 11.8 Å². The molecule has 1 aromatic heterocycles. The van der Waals surface area contributed by atoms with E-state index >= 15 is 0 Å². The van der Waals surface area contributed by atoms with E-state index in [1.54, 1.807) is 24.3 Å². The molecule has 1 saturated heterocycles. The molecular formula is C30H38N8O3. The van der Waals surface area contributed by atoms with E-state index in [1.807, 2.05) is 24.0 Å². The van der Waals surface area contributed by atoms with Crippen LogP contribution in [0.25, 0.3) is 0 Å². The average molecular weight is 559 g/mol. The molecule has 0 spiro atoms. The first-order valence-corrected chi connectivity index (χ1v) is 14.1. The van der Waals surface area contributed by atoms with E-state index in [1.165, 1.54) is 5.56 Å². The molecule has 216 valence electrons. The van der Waals surface area contributed by atoms with Gasteiger partial charge in [-0.2, -0.15) is 4.98 Å². The summed E-state index contributed by atoms with van der Waals surface area (Å²) in [7, 11) is 4.22. The normalized spacial score (nSPS) is 21.8. The van der Waals surface area contributed by atoms with E-state index < -0.39 is 5.91 Å². The van der Waals surface area contributed by atoms with Gasteiger partial charge in [-0.25, -0.2) is 0 Å². The smallest absolute Gasteiger partial charge is 0.273 e. The van der Waals surface area contributed by atoms with Crippen LogP contribution < -0.4 is 26.0 Å². The Bertz CT molecular complexity index is 1400. The molecule has 41 heavy (non-hydrogen) atoms. The molecule has 2 aromatic carbocycles. The molecule has 4 N–H and O–H groups in total. The number of primary amides is 1. The third-order valence-corrected chi connectivity index (χ3v) is 8.09. The standard InChI is InChI=1S/C30H38N8O3/c1-5-41-24-14-8-20(9-15-24)28(40)33-23-7-6-16-38(18-23)29-34-27(25(26(31)39)35-36-29)32-22-12-10-21(11-13-22)30(37(3)4)17-19(30)2/h8-15,19,23H,5-7,16-18H2,1-4H3,(H2,31,39)(H,33,40)(H,32,34,36). The number of hydrogen-bond donors (Lipinski definition) is 3. The van der Waals surface area contributed by atoms with E-state index in [-0.39, 0.29) is 29.0 Å². The van der Waals surface area contributed by atoms with Crippen molar-refractivity contribution in [3.8, 4) is 5.75 Å². The summed E-state index contributed by atoms with van der Waals surface area (Å²) in [6, 6.07) is 15.2. The van der Waals surface area contributed by atoms with Gasteiger partial charge >= 0.3 is 0 Å². The molecule has 0 radical (unpaired) electrons. The molecule has 3 unspecified atom stereocenters. The number of ether oxygens (including phenoxy) is 1. The number of nitrogens with one attached hydrogen (secondary N) is 2. The van der Waals surface area contributed by atoms with E-state index in [2.05, 4.69) is 63.9 Å². The summed E-state index contributed by atoms with van der Waals surface area (Å²) < 4.78 is 5.46. The van der Waals surface area contributed by atoms with Gasteiger partial charge in [0.2, 0.25) is 5.95 Å². The highest BCUT2D eigenvalue weighted by Crippen LogP contribution is 2.55. The van der Waals surface area contributed by atoms with Crippen molar-refractivity contribution in [3.63, 3.8) is 0 Å². The highest BCUT2D eigenvalue weighted by molar-refractivity contribution is 5.96. The zero-order valence-corrected chi connectivity index (χ0v) is 24.1. The van der Waals surface area contributed by atoms with Crippen LogP contribution in [-0.4, -0.2) is 71.7 Å². The third-order valence-electron chi connectivity index (χ3n) is 8.09. The molecule has 1 aliphatic heterocycles. The van der Waals surface area contributed by atoms with Gasteiger partial charge in [-0.15, -0.1) is 10.2 Å². The zero-order chi connectivity index (χ0) is 29.1. The van der Waals surface area contributed by atoms with E-state index in [0.29, 0.717) is 37.1 Å². The molecule has 3 atom stereocenters. The van der Waals surface area contributed by atoms with Gasteiger partial charge in [0, 0.05) is 35.9 Å². The Morgan fingerprint density at radius 1 is 1.12 bits per heavy atom. The Balaban J connectivity index is 1.28. The molecule has 2 heterocycles. The van der Waals surface area contributed by atoms with Crippen LogP contribution in [0.1, 0.15) is 59.5 Å². The Hall–Kier alpha value is -4.25. The number of benzene rings is 2. The van der Waals surface area contributed by atoms with Gasteiger partial charge in [0.1, 0.15) is 5.75 Å². The van der Waals surface area contributed by atoms with Crippen LogP contribution in [0.15, 0.2) is 48.5 Å². The molecule has 11 heteroatoms. The molecule has 0 bridgehead atoms. The lowest BCUT2D eigenvalue weighted by Gasteiger charge is -2.33. The van der Waals surface area contributed by atoms with Crippen molar-refractivity contribution in [1.29, 1.82) is 0 Å². The molecule has 2 aliphatic rings. The maximum Gasteiger partial charge on any atom is 0.273 e. The molecule has 2 amide bonds. The largest absolute Gasteiger partial charge is 0.494 e. The number of piperidine rings is 1. The van der Waals surface area contributed by atoms with Gasteiger partial charge in [0.05, 0.1) is 6.61 Å². The van der Waals surface area contributed by atoms with Crippen LogP contribution in [0.5, 0.6) is 5.75 Å². The van der Waals surface area contributed by atoms with Gasteiger partial charge in [-0.05, 0) is 88.2 Å². The second-order valence-electron chi connectivity index (χ2n) is 11.0. The molecular weight excluding hydrogens is 520 g/mol. The quantitative estimate of drug-likeness (QED) is 0.342. The number of nitrogens with two attached hydrogens (primary N) is 1. The highest BCUT2D eigenvalue weighted by atomic mass is 16.5. The zero-order valence-electron chi connectivity index (χ0n) is 24.1. The molecule has 2 fully saturated rings. The summed E-state index contributed by atoms with van der Waals surface area (Å²) in [5, 5.41) is 14.6. The third kappa shape index (κ3) is 5.95. The summed E-state index contributed by atoms with van der Waals surface area (Å²) in [6.07, 6.45) is 2.79. The van der Waals surface area contributed by atoms with Crippen LogP contribution in [-0.2, 0) is 5.54 Å². The minimum absolute atomic E-state index is 0.0317. The number of anilines is 3. The summed E-state index contributed by atoms with van der Waals surface area (Å²) in [5.74, 6) is 1.07. The van der Waals surface area contributed by atoms with Crippen molar-refractivity contribution >= 4 is 29.3 Å². The number of amides is 2. The van der Waals surface area contributed by atoms with Crippen molar-refractivity contribution in [3.05, 3.63) is 65.4 Å². The van der Waals surface area contributed by atoms with Crippen LogP contribution in [0.2, 0.25) is 0 Å². The average Bonchev–Trinajstić information content (AvgIpc) is 3.66. The minimum atomic E-state index is -0.715. The van der Waals surface area contributed by atoms with Gasteiger partial charge in [0.15, 0.2) is 11.5 Å². The fraction of sp³-hybridized carbons (Fsp3) is 0.433. The van der Waals surface area contributed by atoms with Crippen molar-refractivity contribution in [2.24, 2.45) is 11.7 Å². The fourth-order valence-electron chi connectivity index (χ4n) is 5.79. The lowest BCUT2D eigenvalue weighted by Crippen LogP contribution is -2.48. The lowest BCUT2D eigenvalue weighted by atomic mass is 10.0. The molecule has 5 rings (SSSR count). The Kier molecular flexibility index (Phi) is 8.07. The molecule has 1 saturated carbocycles. The number of carbonyl (C=O) groups excluding carboxylic acids is 2. The van der Waals surface area contributed by atoms with Gasteiger partial charge < -0.3 is 26.0 Å². The second-order valence-corrected chi connectivity index (χ2v) is 11.0. The number of nitrogens with zero attached hydrogens (tertiary/aromatic N) is 5. The van der Waals surface area contributed by atoms with Gasteiger partial charge in [-0.3, -0.25) is 14.5 Å². The van der Waals surface area contributed by atoms with E-state index in [9.17, 15) is 9.59 Å². The minimum Gasteiger partial charge on any atom is -0.494 e. The number of carbonyl (C=O) groups is 2.